The van der Waals surface area contributed by atoms with E-state index in [4.69, 9.17) is 0 Å². The molecule has 0 atom stereocenters. The molecule has 1 saturated carbocycles. The van der Waals surface area contributed by atoms with Crippen molar-refractivity contribution in [3.63, 3.8) is 0 Å². The van der Waals surface area contributed by atoms with Crippen LogP contribution in [0.15, 0.2) is 11.6 Å². The quantitative estimate of drug-likeness (QED) is 0.364. The Labute approximate surface area is 72.7 Å². The third kappa shape index (κ3) is 2.61. The van der Waals surface area contributed by atoms with E-state index in [9.17, 15) is 9.59 Å². The van der Waals surface area contributed by atoms with Crippen molar-refractivity contribution < 1.29 is 9.59 Å². The van der Waals surface area contributed by atoms with Crippen molar-refractivity contribution in [2.24, 2.45) is 0 Å². The number of aldehydes is 1. The predicted molar refractivity (Wildman–Crippen MR) is 46.9 cm³/mol. The molecule has 0 heterocycles. The van der Waals surface area contributed by atoms with E-state index >= 15 is 0 Å². The highest BCUT2D eigenvalue weighted by Gasteiger charge is 2.15. The van der Waals surface area contributed by atoms with Crippen molar-refractivity contribution in [3.8, 4) is 0 Å². The number of allylic oxidation sites excluding steroid dienone is 2. The third-order valence-electron chi connectivity index (χ3n) is 2.12. The van der Waals surface area contributed by atoms with Crippen molar-refractivity contribution in [1.29, 1.82) is 0 Å². The van der Waals surface area contributed by atoms with Gasteiger partial charge in [0.15, 0.2) is 5.78 Å². The summed E-state index contributed by atoms with van der Waals surface area (Å²) in [6, 6.07) is 0. The summed E-state index contributed by atoms with van der Waals surface area (Å²) >= 11 is 0. The average molecular weight is 166 g/mol. The molecule has 0 aromatic heterocycles. The fourth-order valence-corrected chi connectivity index (χ4v) is 1.43. The summed E-state index contributed by atoms with van der Waals surface area (Å²) in [6.07, 6.45) is 7.96. The molecule has 0 saturated heterocycles. The molecule has 0 N–H and O–H groups in total. The molecule has 0 aliphatic heterocycles. The summed E-state index contributed by atoms with van der Waals surface area (Å²) in [5, 5.41) is 0. The number of hydrogen-bond acceptors (Lipinski definition) is 2. The van der Waals surface area contributed by atoms with Crippen LogP contribution in [0.25, 0.3) is 0 Å². The number of carbonyl (C=O) groups is 2. The van der Waals surface area contributed by atoms with Gasteiger partial charge in [-0.15, -0.1) is 0 Å². The molecule has 0 aromatic rings. The van der Waals surface area contributed by atoms with E-state index in [1.165, 1.54) is 0 Å². The Morgan fingerprint density at radius 3 is 2.67 bits per heavy atom. The van der Waals surface area contributed by atoms with Crippen LogP contribution in [0, 0.1) is 0 Å². The molecule has 66 valence electrons. The maximum atomic E-state index is 11.1. The zero-order valence-corrected chi connectivity index (χ0v) is 7.21. The average Bonchev–Trinajstić information content (AvgIpc) is 2.46. The van der Waals surface area contributed by atoms with Crippen LogP contribution in [0.2, 0.25) is 0 Å². The molecule has 1 aliphatic rings. The van der Waals surface area contributed by atoms with Gasteiger partial charge in [-0.1, -0.05) is 6.08 Å². The molecular formula is C10H14O2. The molecule has 2 heteroatoms. The van der Waals surface area contributed by atoms with Crippen LogP contribution in [0.1, 0.15) is 38.5 Å². The summed E-state index contributed by atoms with van der Waals surface area (Å²) in [5.41, 5.74) is 0.987. The van der Waals surface area contributed by atoms with Gasteiger partial charge in [0, 0.05) is 12.8 Å². The molecule has 12 heavy (non-hydrogen) atoms. The van der Waals surface area contributed by atoms with Gasteiger partial charge >= 0.3 is 0 Å². The van der Waals surface area contributed by atoms with E-state index in [1.54, 1.807) is 0 Å². The third-order valence-corrected chi connectivity index (χ3v) is 2.12. The molecule has 1 aliphatic carbocycles. The molecule has 2 nitrogen and oxygen atoms in total. The monoisotopic (exact) mass is 166 g/mol. The minimum absolute atomic E-state index is 0.307. The SMILES string of the molecule is O=CCCC/C=C1\CCCC1=O. The van der Waals surface area contributed by atoms with Gasteiger partial charge in [-0.3, -0.25) is 4.79 Å². The Balaban J connectivity index is 2.26. The summed E-state index contributed by atoms with van der Waals surface area (Å²) in [6.45, 7) is 0. The smallest absolute Gasteiger partial charge is 0.158 e. The van der Waals surface area contributed by atoms with Crippen molar-refractivity contribution in [2.45, 2.75) is 38.5 Å². The first-order valence-corrected chi connectivity index (χ1v) is 4.50. The fraction of sp³-hybridized carbons (Fsp3) is 0.600. The van der Waals surface area contributed by atoms with Crippen LogP contribution in [-0.4, -0.2) is 12.1 Å². The number of carbonyl (C=O) groups excluding carboxylic acids is 2. The van der Waals surface area contributed by atoms with Gasteiger partial charge in [0.25, 0.3) is 0 Å². The molecule has 0 radical (unpaired) electrons. The largest absolute Gasteiger partial charge is 0.303 e. The van der Waals surface area contributed by atoms with Crippen molar-refractivity contribution in [1.82, 2.24) is 0 Å². The number of hydrogen-bond donors (Lipinski definition) is 0. The highest BCUT2D eigenvalue weighted by atomic mass is 16.1. The van der Waals surface area contributed by atoms with Crippen LogP contribution in [0.3, 0.4) is 0 Å². The topological polar surface area (TPSA) is 34.1 Å². The van der Waals surface area contributed by atoms with Crippen LogP contribution in [0.5, 0.6) is 0 Å². The molecule has 0 spiro atoms. The molecule has 0 amide bonds. The second-order valence-electron chi connectivity index (χ2n) is 3.10. The lowest BCUT2D eigenvalue weighted by atomic mass is 10.1. The fourth-order valence-electron chi connectivity index (χ4n) is 1.43. The lowest BCUT2D eigenvalue weighted by Crippen LogP contribution is -1.90. The van der Waals surface area contributed by atoms with Gasteiger partial charge < -0.3 is 4.79 Å². The number of rotatable bonds is 4. The molecule has 0 aromatic carbocycles. The second-order valence-corrected chi connectivity index (χ2v) is 3.10. The Morgan fingerprint density at radius 1 is 1.25 bits per heavy atom. The number of ketones is 1. The van der Waals surface area contributed by atoms with E-state index in [0.29, 0.717) is 12.2 Å². The normalized spacial score (nSPS) is 20.3. The standard InChI is InChI=1S/C10H14O2/c11-8-3-1-2-5-9-6-4-7-10(9)12/h5,8H,1-4,6-7H2/b9-5+. The minimum atomic E-state index is 0.307. The van der Waals surface area contributed by atoms with Gasteiger partial charge in [0.1, 0.15) is 6.29 Å². The maximum absolute atomic E-state index is 11.1. The Hall–Kier alpha value is -0.920. The molecule has 0 bridgehead atoms. The van der Waals surface area contributed by atoms with E-state index in [0.717, 1.165) is 44.0 Å². The predicted octanol–water partition coefficient (Wildman–Crippen LogP) is 2.04. The summed E-state index contributed by atoms with van der Waals surface area (Å²) in [7, 11) is 0. The van der Waals surface area contributed by atoms with E-state index in [2.05, 4.69) is 0 Å². The van der Waals surface area contributed by atoms with Gasteiger partial charge in [0.2, 0.25) is 0 Å². The van der Waals surface area contributed by atoms with Crippen molar-refractivity contribution in [3.05, 3.63) is 11.6 Å². The second kappa shape index (κ2) is 4.86. The summed E-state index contributed by atoms with van der Waals surface area (Å²) in [4.78, 5) is 21.1. The highest BCUT2D eigenvalue weighted by Crippen LogP contribution is 2.20. The molecule has 1 rings (SSSR count). The first-order chi connectivity index (χ1) is 5.84. The summed E-state index contributed by atoms with van der Waals surface area (Å²) < 4.78 is 0. The van der Waals surface area contributed by atoms with Gasteiger partial charge in [0.05, 0.1) is 0 Å². The van der Waals surface area contributed by atoms with Crippen molar-refractivity contribution in [2.75, 3.05) is 0 Å². The van der Waals surface area contributed by atoms with Gasteiger partial charge in [-0.2, -0.15) is 0 Å². The minimum Gasteiger partial charge on any atom is -0.303 e. The molecule has 0 unspecified atom stereocenters. The Bertz CT molecular complexity index is 204. The van der Waals surface area contributed by atoms with E-state index in [-0.39, 0.29) is 0 Å². The van der Waals surface area contributed by atoms with Crippen LogP contribution < -0.4 is 0 Å². The highest BCUT2D eigenvalue weighted by molar-refractivity contribution is 5.97. The van der Waals surface area contributed by atoms with Crippen LogP contribution in [-0.2, 0) is 9.59 Å². The van der Waals surface area contributed by atoms with Gasteiger partial charge in [-0.05, 0) is 31.3 Å². The van der Waals surface area contributed by atoms with E-state index in [1.807, 2.05) is 6.08 Å². The zero-order valence-electron chi connectivity index (χ0n) is 7.21. The molecule has 1 fully saturated rings. The maximum Gasteiger partial charge on any atom is 0.158 e. The Morgan fingerprint density at radius 2 is 2.08 bits per heavy atom. The zero-order chi connectivity index (χ0) is 8.81. The van der Waals surface area contributed by atoms with Crippen LogP contribution >= 0.6 is 0 Å². The van der Waals surface area contributed by atoms with E-state index < -0.39 is 0 Å². The lowest BCUT2D eigenvalue weighted by molar-refractivity contribution is -0.114. The lowest BCUT2D eigenvalue weighted by Gasteiger charge is -1.93. The molecular weight excluding hydrogens is 152 g/mol. The first kappa shape index (κ1) is 9.17. The van der Waals surface area contributed by atoms with Crippen molar-refractivity contribution >= 4 is 12.1 Å². The summed E-state index contributed by atoms with van der Waals surface area (Å²) in [5.74, 6) is 0.307. The van der Waals surface area contributed by atoms with Crippen LogP contribution in [0.4, 0.5) is 0 Å². The van der Waals surface area contributed by atoms with Gasteiger partial charge in [-0.25, -0.2) is 0 Å². The number of unbranched alkanes of at least 4 members (excludes halogenated alkanes) is 2. The first-order valence-electron chi connectivity index (χ1n) is 4.50. The Kier molecular flexibility index (Phi) is 3.71. The number of Topliss-reactive ketones (excluding diaryl/α,β-unsaturated/α-hetero) is 1.